The molecule has 1 aliphatic heterocycles. The van der Waals surface area contributed by atoms with E-state index in [9.17, 15) is 4.39 Å². The van der Waals surface area contributed by atoms with Crippen molar-refractivity contribution in [2.24, 2.45) is 0 Å². The van der Waals surface area contributed by atoms with Crippen molar-refractivity contribution in [2.45, 2.75) is 13.0 Å². The highest BCUT2D eigenvalue weighted by Crippen LogP contribution is 2.25. The molecule has 8 heteroatoms. The molecule has 0 bridgehead atoms. The average Bonchev–Trinajstić information content (AvgIpc) is 2.96. The van der Waals surface area contributed by atoms with Crippen LogP contribution in [0.3, 0.4) is 0 Å². The quantitative estimate of drug-likeness (QED) is 0.514. The van der Waals surface area contributed by atoms with Crippen molar-refractivity contribution in [1.29, 1.82) is 0 Å². The summed E-state index contributed by atoms with van der Waals surface area (Å²) in [7, 11) is 0. The van der Waals surface area contributed by atoms with Crippen LogP contribution in [0.25, 0.3) is 16.6 Å². The summed E-state index contributed by atoms with van der Waals surface area (Å²) in [6.45, 7) is 4.34. The third-order valence-electron chi connectivity index (χ3n) is 5.31. The van der Waals surface area contributed by atoms with E-state index in [4.69, 9.17) is 16.6 Å². The first-order valence-corrected chi connectivity index (χ1v) is 10.0. The van der Waals surface area contributed by atoms with Crippen molar-refractivity contribution < 1.29 is 4.39 Å². The Morgan fingerprint density at radius 1 is 1.00 bits per heavy atom. The molecular weight excluding hydrogens is 391 g/mol. The Bertz CT molecular complexity index is 1180. The van der Waals surface area contributed by atoms with E-state index in [0.29, 0.717) is 5.02 Å². The number of imidazole rings is 1. The number of hydrogen-bond acceptors (Lipinski definition) is 5. The van der Waals surface area contributed by atoms with Crippen LogP contribution in [0.15, 0.2) is 49.1 Å². The Morgan fingerprint density at radius 3 is 2.86 bits per heavy atom. The second-order valence-corrected chi connectivity index (χ2v) is 7.76. The Morgan fingerprint density at radius 2 is 1.93 bits per heavy atom. The summed E-state index contributed by atoms with van der Waals surface area (Å²) in [4.78, 5) is 18.0. The molecule has 6 nitrogen and oxygen atoms in total. The Hall–Kier alpha value is -2.77. The second-order valence-electron chi connectivity index (χ2n) is 7.32. The predicted octanol–water partition coefficient (Wildman–Crippen LogP) is 3.78. The summed E-state index contributed by atoms with van der Waals surface area (Å²) in [5.74, 6) is 0.538. The highest BCUT2D eigenvalue weighted by atomic mass is 35.5. The Balaban J connectivity index is 1.33. The minimum Gasteiger partial charge on any atom is -0.355 e. The van der Waals surface area contributed by atoms with Crippen molar-refractivity contribution in [2.75, 3.05) is 31.1 Å². The van der Waals surface area contributed by atoms with E-state index in [1.165, 1.54) is 12.1 Å². The zero-order valence-electron chi connectivity index (χ0n) is 15.8. The fraction of sp³-hybridized carbons (Fsp3) is 0.286. The third kappa shape index (κ3) is 3.75. The lowest BCUT2D eigenvalue weighted by molar-refractivity contribution is 0.282. The minimum atomic E-state index is -0.267. The monoisotopic (exact) mass is 410 g/mol. The fourth-order valence-electron chi connectivity index (χ4n) is 3.93. The van der Waals surface area contributed by atoms with Gasteiger partial charge in [0.2, 0.25) is 0 Å². The third-order valence-corrected chi connectivity index (χ3v) is 5.54. The van der Waals surface area contributed by atoms with Gasteiger partial charge in [0.25, 0.3) is 0 Å². The van der Waals surface area contributed by atoms with E-state index in [2.05, 4.69) is 19.8 Å². The molecule has 0 amide bonds. The van der Waals surface area contributed by atoms with Gasteiger partial charge in [-0.25, -0.2) is 19.3 Å². The van der Waals surface area contributed by atoms with Gasteiger partial charge in [0, 0.05) is 50.5 Å². The Kier molecular flexibility index (Phi) is 4.77. The summed E-state index contributed by atoms with van der Waals surface area (Å²) >= 11 is 6.07. The summed E-state index contributed by atoms with van der Waals surface area (Å²) in [6, 6.07) is 8.44. The van der Waals surface area contributed by atoms with Gasteiger partial charge in [0.1, 0.15) is 23.6 Å². The molecule has 0 saturated carbocycles. The van der Waals surface area contributed by atoms with Crippen molar-refractivity contribution in [3.05, 3.63) is 65.6 Å². The van der Waals surface area contributed by atoms with Crippen molar-refractivity contribution in [3.8, 4) is 0 Å². The van der Waals surface area contributed by atoms with Gasteiger partial charge in [-0.15, -0.1) is 0 Å². The number of pyridine rings is 1. The number of anilines is 1. The van der Waals surface area contributed by atoms with Gasteiger partial charge in [-0.1, -0.05) is 11.6 Å². The number of nitrogens with zero attached hydrogens (tertiary/aromatic N) is 6. The molecule has 0 N–H and O–H groups in total. The number of hydrogen-bond donors (Lipinski definition) is 0. The first-order chi connectivity index (χ1) is 14.2. The maximum Gasteiger partial charge on any atom is 0.140 e. The van der Waals surface area contributed by atoms with Gasteiger partial charge < -0.3 is 9.30 Å². The van der Waals surface area contributed by atoms with Crippen LogP contribution in [0.4, 0.5) is 10.2 Å². The number of benzene rings is 1. The van der Waals surface area contributed by atoms with Crippen LogP contribution in [0.2, 0.25) is 5.02 Å². The minimum absolute atomic E-state index is 0.267. The van der Waals surface area contributed by atoms with Crippen LogP contribution in [0, 0.1) is 5.82 Å². The predicted molar refractivity (Wildman–Crippen MR) is 112 cm³/mol. The Labute approximate surface area is 172 Å². The maximum atomic E-state index is 13.8. The van der Waals surface area contributed by atoms with Crippen LogP contribution in [-0.2, 0) is 6.54 Å². The molecule has 29 heavy (non-hydrogen) atoms. The lowest BCUT2D eigenvalue weighted by atomic mass is 10.2. The molecular formula is C21H20ClFN6. The highest BCUT2D eigenvalue weighted by molar-refractivity contribution is 6.30. The van der Waals surface area contributed by atoms with Crippen LogP contribution < -0.4 is 4.90 Å². The zero-order valence-corrected chi connectivity index (χ0v) is 16.6. The molecule has 5 rings (SSSR count). The summed E-state index contributed by atoms with van der Waals surface area (Å²) in [5, 5.41) is 1.46. The smallest absolute Gasteiger partial charge is 0.140 e. The van der Waals surface area contributed by atoms with Gasteiger partial charge in [-0.05, 0) is 36.8 Å². The number of halogens is 2. The van der Waals surface area contributed by atoms with Crippen molar-refractivity contribution in [3.63, 3.8) is 0 Å². The number of rotatable bonds is 3. The maximum absolute atomic E-state index is 13.8. The average molecular weight is 411 g/mol. The number of fused-ring (bicyclic) bond motifs is 2. The van der Waals surface area contributed by atoms with Crippen LogP contribution in [0.5, 0.6) is 0 Å². The molecule has 0 radical (unpaired) electrons. The molecule has 0 unspecified atom stereocenters. The molecule has 1 aliphatic rings. The molecule has 0 atom stereocenters. The largest absolute Gasteiger partial charge is 0.355 e. The first-order valence-electron chi connectivity index (χ1n) is 9.66. The van der Waals surface area contributed by atoms with Gasteiger partial charge in [-0.2, -0.15) is 0 Å². The summed E-state index contributed by atoms with van der Waals surface area (Å²) in [5.41, 5.74) is 2.69. The van der Waals surface area contributed by atoms with Gasteiger partial charge >= 0.3 is 0 Å². The molecule has 0 aliphatic carbocycles. The fourth-order valence-corrected chi connectivity index (χ4v) is 4.10. The van der Waals surface area contributed by atoms with E-state index in [-0.39, 0.29) is 5.82 Å². The summed E-state index contributed by atoms with van der Waals surface area (Å²) in [6.07, 6.45) is 6.46. The van der Waals surface area contributed by atoms with Gasteiger partial charge in [-0.3, -0.25) is 4.90 Å². The van der Waals surface area contributed by atoms with Gasteiger partial charge in [0.05, 0.1) is 16.2 Å². The van der Waals surface area contributed by atoms with E-state index in [1.807, 2.05) is 28.9 Å². The second kappa shape index (κ2) is 7.57. The first kappa shape index (κ1) is 18.3. The van der Waals surface area contributed by atoms with E-state index in [1.54, 1.807) is 12.4 Å². The van der Waals surface area contributed by atoms with E-state index in [0.717, 1.165) is 67.2 Å². The number of aromatic nitrogens is 4. The van der Waals surface area contributed by atoms with Crippen LogP contribution >= 0.6 is 11.6 Å². The molecule has 0 spiro atoms. The van der Waals surface area contributed by atoms with Crippen LogP contribution in [-0.4, -0.2) is 50.4 Å². The normalized spacial score (nSPS) is 15.9. The molecule has 148 valence electrons. The SMILES string of the molecule is Fc1ccc2ncnc(N3CCCN(Cc4cn5cc(Cl)ccc5n4)CC3)c2c1. The molecule has 1 fully saturated rings. The zero-order chi connectivity index (χ0) is 19.8. The van der Waals surface area contributed by atoms with Crippen molar-refractivity contribution >= 4 is 34.0 Å². The standard InChI is InChI=1S/C21H20ClFN6/c22-15-2-5-20-26-17(13-29(20)11-15)12-27-6-1-7-28(9-8-27)21-18-10-16(23)3-4-19(18)24-14-25-21/h2-5,10-11,13-14H,1,6-9,12H2. The highest BCUT2D eigenvalue weighted by Gasteiger charge is 2.19. The lowest BCUT2D eigenvalue weighted by Crippen LogP contribution is -2.31. The topological polar surface area (TPSA) is 49.6 Å². The molecule has 1 saturated heterocycles. The molecule has 3 aromatic heterocycles. The van der Waals surface area contributed by atoms with Crippen LogP contribution in [0.1, 0.15) is 12.1 Å². The summed E-state index contributed by atoms with van der Waals surface area (Å²) < 4.78 is 15.7. The molecule has 4 aromatic rings. The lowest BCUT2D eigenvalue weighted by Gasteiger charge is -2.23. The molecule has 4 heterocycles. The van der Waals surface area contributed by atoms with Crippen molar-refractivity contribution in [1.82, 2.24) is 24.3 Å². The molecule has 1 aromatic carbocycles. The van der Waals surface area contributed by atoms with E-state index >= 15 is 0 Å². The van der Waals surface area contributed by atoms with Gasteiger partial charge in [0.15, 0.2) is 0 Å². The van der Waals surface area contributed by atoms with E-state index < -0.39 is 0 Å².